The van der Waals surface area contributed by atoms with Gasteiger partial charge in [0.05, 0.1) is 17.5 Å². The summed E-state index contributed by atoms with van der Waals surface area (Å²) < 4.78 is 5.99. The maximum Gasteiger partial charge on any atom is 0.317 e. The van der Waals surface area contributed by atoms with Crippen LogP contribution in [0.1, 0.15) is 18.9 Å². The van der Waals surface area contributed by atoms with Crippen molar-refractivity contribution in [3.63, 3.8) is 0 Å². The van der Waals surface area contributed by atoms with Gasteiger partial charge in [0.15, 0.2) is 0 Å². The third-order valence-electron chi connectivity index (χ3n) is 3.96. The van der Waals surface area contributed by atoms with Crippen molar-refractivity contribution in [1.82, 2.24) is 10.2 Å². The van der Waals surface area contributed by atoms with Crippen molar-refractivity contribution in [2.45, 2.75) is 19.9 Å². The Kier molecular flexibility index (Phi) is 5.87. The molecule has 2 unspecified atom stereocenters. The van der Waals surface area contributed by atoms with Crippen LogP contribution in [-0.2, 0) is 11.3 Å². The molecule has 0 saturated carbocycles. The van der Waals surface area contributed by atoms with Crippen LogP contribution in [0, 0.1) is 11.8 Å². The van der Waals surface area contributed by atoms with Crippen LogP contribution < -0.4 is 10.1 Å². The maximum absolute atomic E-state index is 12.3. The molecule has 6 nitrogen and oxygen atoms in total. The first kappa shape index (κ1) is 17.6. The Balaban J connectivity index is 1.93. The predicted octanol–water partition coefficient (Wildman–Crippen LogP) is 2.71. The Morgan fingerprint density at radius 2 is 2.17 bits per heavy atom. The van der Waals surface area contributed by atoms with E-state index in [1.54, 1.807) is 12.0 Å². The maximum atomic E-state index is 12.3. The number of carboxylic acid groups (broad SMARTS) is 1. The van der Waals surface area contributed by atoms with Gasteiger partial charge in [-0.2, -0.15) is 0 Å². The van der Waals surface area contributed by atoms with E-state index in [1.165, 1.54) is 0 Å². The molecular formula is C16H21BrN2O4. The van der Waals surface area contributed by atoms with Crippen LogP contribution in [0.3, 0.4) is 0 Å². The highest BCUT2D eigenvalue weighted by Gasteiger charge is 2.31. The largest absolute Gasteiger partial charge is 0.496 e. The lowest BCUT2D eigenvalue weighted by atomic mass is 9.91. The lowest BCUT2D eigenvalue weighted by Crippen LogP contribution is -2.49. The highest BCUT2D eigenvalue weighted by molar-refractivity contribution is 9.10. The molecule has 2 atom stereocenters. The van der Waals surface area contributed by atoms with Gasteiger partial charge in [-0.3, -0.25) is 4.79 Å². The number of carbonyl (C=O) groups excluding carboxylic acids is 1. The molecule has 2 N–H and O–H groups in total. The third kappa shape index (κ3) is 4.60. The molecule has 0 aliphatic carbocycles. The van der Waals surface area contributed by atoms with Crippen LogP contribution in [0.5, 0.6) is 5.75 Å². The molecule has 1 fully saturated rings. The zero-order valence-electron chi connectivity index (χ0n) is 13.2. The van der Waals surface area contributed by atoms with Gasteiger partial charge < -0.3 is 20.1 Å². The Morgan fingerprint density at radius 3 is 2.78 bits per heavy atom. The number of carbonyl (C=O) groups is 2. The summed E-state index contributed by atoms with van der Waals surface area (Å²) in [6.45, 7) is 3.19. The van der Waals surface area contributed by atoms with Gasteiger partial charge in [0.1, 0.15) is 5.75 Å². The lowest BCUT2D eigenvalue weighted by Gasteiger charge is -2.34. The van der Waals surface area contributed by atoms with E-state index < -0.39 is 11.9 Å². The van der Waals surface area contributed by atoms with E-state index >= 15 is 0 Å². The fourth-order valence-electron chi connectivity index (χ4n) is 2.81. The second kappa shape index (κ2) is 7.68. The van der Waals surface area contributed by atoms with Crippen molar-refractivity contribution in [2.75, 3.05) is 20.2 Å². The van der Waals surface area contributed by atoms with E-state index in [0.29, 0.717) is 19.5 Å². The van der Waals surface area contributed by atoms with E-state index in [2.05, 4.69) is 21.2 Å². The topological polar surface area (TPSA) is 78.9 Å². The summed E-state index contributed by atoms with van der Waals surface area (Å²) in [7, 11) is 1.60. The van der Waals surface area contributed by atoms with Crippen molar-refractivity contribution in [2.24, 2.45) is 11.8 Å². The molecule has 2 rings (SSSR count). The molecule has 1 saturated heterocycles. The molecule has 7 heteroatoms. The number of aliphatic carboxylic acids is 1. The number of hydrogen-bond acceptors (Lipinski definition) is 3. The van der Waals surface area contributed by atoms with E-state index in [9.17, 15) is 9.59 Å². The van der Waals surface area contributed by atoms with Gasteiger partial charge in [0.2, 0.25) is 0 Å². The van der Waals surface area contributed by atoms with Gasteiger partial charge >= 0.3 is 12.0 Å². The molecule has 2 amide bonds. The monoisotopic (exact) mass is 384 g/mol. The fraction of sp³-hybridized carbons (Fsp3) is 0.500. The quantitative estimate of drug-likeness (QED) is 0.836. The molecule has 1 aliphatic heterocycles. The number of amides is 2. The summed E-state index contributed by atoms with van der Waals surface area (Å²) in [6.07, 6.45) is 0.616. The Bertz CT molecular complexity index is 593. The van der Waals surface area contributed by atoms with Crippen LogP contribution in [0.2, 0.25) is 0 Å². The van der Waals surface area contributed by atoms with Crippen molar-refractivity contribution in [1.29, 1.82) is 0 Å². The molecule has 0 radical (unpaired) electrons. The number of benzene rings is 1. The minimum atomic E-state index is -0.839. The zero-order valence-corrected chi connectivity index (χ0v) is 14.8. The SMILES string of the molecule is COc1ccc(CNC(=O)N2CC(C)CC(C(=O)O)C2)cc1Br. The first-order valence-corrected chi connectivity index (χ1v) is 8.28. The Morgan fingerprint density at radius 1 is 1.43 bits per heavy atom. The summed E-state index contributed by atoms with van der Waals surface area (Å²) in [6, 6.07) is 5.37. The van der Waals surface area contributed by atoms with Crippen LogP contribution >= 0.6 is 15.9 Å². The number of methoxy groups -OCH3 is 1. The van der Waals surface area contributed by atoms with Crippen LogP contribution in [0.4, 0.5) is 4.79 Å². The van der Waals surface area contributed by atoms with Gasteiger partial charge in [0.25, 0.3) is 0 Å². The van der Waals surface area contributed by atoms with E-state index in [0.717, 1.165) is 15.8 Å². The van der Waals surface area contributed by atoms with Crippen molar-refractivity contribution in [3.05, 3.63) is 28.2 Å². The fourth-order valence-corrected chi connectivity index (χ4v) is 3.39. The second-order valence-corrected chi connectivity index (χ2v) is 6.76. The smallest absolute Gasteiger partial charge is 0.317 e. The first-order chi connectivity index (χ1) is 10.9. The third-order valence-corrected chi connectivity index (χ3v) is 4.58. The average molecular weight is 385 g/mol. The lowest BCUT2D eigenvalue weighted by molar-refractivity contribution is -0.143. The van der Waals surface area contributed by atoms with E-state index in [-0.39, 0.29) is 18.5 Å². The molecule has 0 spiro atoms. The molecule has 1 aliphatic rings. The van der Waals surface area contributed by atoms with Crippen LogP contribution in [0.25, 0.3) is 0 Å². The predicted molar refractivity (Wildman–Crippen MR) is 89.4 cm³/mol. The van der Waals surface area contributed by atoms with E-state index in [1.807, 2.05) is 25.1 Å². The van der Waals surface area contributed by atoms with Gasteiger partial charge in [-0.25, -0.2) is 4.79 Å². The zero-order chi connectivity index (χ0) is 17.0. The van der Waals surface area contributed by atoms with E-state index in [4.69, 9.17) is 9.84 Å². The van der Waals surface area contributed by atoms with Crippen LogP contribution in [-0.4, -0.2) is 42.2 Å². The normalized spacial score (nSPS) is 20.9. The first-order valence-electron chi connectivity index (χ1n) is 7.48. The van der Waals surface area contributed by atoms with Crippen molar-refractivity contribution in [3.8, 4) is 5.75 Å². The number of carboxylic acids is 1. The van der Waals surface area contributed by atoms with Crippen molar-refractivity contribution >= 4 is 27.9 Å². The van der Waals surface area contributed by atoms with Gasteiger partial charge in [-0.1, -0.05) is 13.0 Å². The summed E-state index contributed by atoms with van der Waals surface area (Å²) >= 11 is 3.41. The molecule has 126 valence electrons. The number of rotatable bonds is 4. The Labute approximate surface area is 143 Å². The van der Waals surface area contributed by atoms with Crippen LogP contribution in [0.15, 0.2) is 22.7 Å². The van der Waals surface area contributed by atoms with Gasteiger partial charge in [-0.05, 0) is 46.0 Å². The highest BCUT2D eigenvalue weighted by atomic mass is 79.9. The summed E-state index contributed by atoms with van der Waals surface area (Å²) in [5.41, 5.74) is 0.936. The Hall–Kier alpha value is -1.76. The van der Waals surface area contributed by atoms with Gasteiger partial charge in [0, 0.05) is 19.6 Å². The number of hydrogen-bond donors (Lipinski definition) is 2. The standard InChI is InChI=1S/C16H21BrN2O4/c1-10-5-12(15(20)21)9-19(8-10)16(22)18-7-11-3-4-14(23-2)13(17)6-11/h3-4,6,10,12H,5,7-9H2,1-2H3,(H,18,22)(H,20,21). The number of halogens is 1. The second-order valence-electron chi connectivity index (χ2n) is 5.91. The number of likely N-dealkylation sites (tertiary alicyclic amines) is 1. The summed E-state index contributed by atoms with van der Waals surface area (Å²) in [5.74, 6) is -0.409. The minimum Gasteiger partial charge on any atom is -0.496 e. The number of urea groups is 1. The number of nitrogens with one attached hydrogen (secondary N) is 1. The molecule has 23 heavy (non-hydrogen) atoms. The molecule has 1 aromatic carbocycles. The molecule has 1 heterocycles. The number of piperidine rings is 1. The molecule has 0 aromatic heterocycles. The summed E-state index contributed by atoms with van der Waals surface area (Å²) in [5, 5.41) is 12.0. The minimum absolute atomic E-state index is 0.186. The number of nitrogens with zero attached hydrogens (tertiary/aromatic N) is 1. The van der Waals surface area contributed by atoms with Crippen molar-refractivity contribution < 1.29 is 19.4 Å². The van der Waals surface area contributed by atoms with Gasteiger partial charge in [-0.15, -0.1) is 0 Å². The molecule has 1 aromatic rings. The average Bonchev–Trinajstić information content (AvgIpc) is 2.52. The summed E-state index contributed by atoms with van der Waals surface area (Å²) in [4.78, 5) is 25.0. The molecule has 0 bridgehead atoms. The number of ether oxygens (including phenoxy) is 1. The molecular weight excluding hydrogens is 364 g/mol. The highest BCUT2D eigenvalue weighted by Crippen LogP contribution is 2.25.